The maximum absolute atomic E-state index is 13.1. The number of carbonyl (C=O) groups is 1. The van der Waals surface area contributed by atoms with Crippen molar-refractivity contribution in [1.29, 1.82) is 0 Å². The van der Waals surface area contributed by atoms with Crippen LogP contribution in [0.5, 0.6) is 5.75 Å². The molecule has 0 radical (unpaired) electrons. The maximum atomic E-state index is 13.1. The molecule has 2 aromatic carbocycles. The summed E-state index contributed by atoms with van der Waals surface area (Å²) in [5.74, 6) is 1.40. The molecule has 0 bridgehead atoms. The fraction of sp³-hybridized carbons (Fsp3) is 0.385. The number of rotatable bonds is 4. The van der Waals surface area contributed by atoms with E-state index >= 15 is 0 Å². The van der Waals surface area contributed by atoms with E-state index in [2.05, 4.69) is 16.8 Å². The van der Waals surface area contributed by atoms with Crippen molar-refractivity contribution in [2.45, 2.75) is 32.4 Å². The van der Waals surface area contributed by atoms with E-state index in [1.807, 2.05) is 43.3 Å². The monoisotopic (exact) mass is 432 g/mol. The van der Waals surface area contributed by atoms with E-state index in [9.17, 15) is 9.59 Å². The first-order valence-corrected chi connectivity index (χ1v) is 11.2. The zero-order chi connectivity index (χ0) is 22.2. The fourth-order valence-electron chi connectivity index (χ4n) is 5.02. The van der Waals surface area contributed by atoms with Gasteiger partial charge in [-0.05, 0) is 74.7 Å². The van der Waals surface area contributed by atoms with Crippen LogP contribution < -0.4 is 10.4 Å². The van der Waals surface area contributed by atoms with Crippen molar-refractivity contribution in [2.75, 3.05) is 26.7 Å². The molecule has 0 aliphatic carbocycles. The average Bonchev–Trinajstić information content (AvgIpc) is 3.20. The van der Waals surface area contributed by atoms with Crippen molar-refractivity contribution >= 4 is 16.9 Å². The Morgan fingerprint density at radius 3 is 2.69 bits per heavy atom. The molecular weight excluding hydrogens is 404 g/mol. The predicted octanol–water partition coefficient (Wildman–Crippen LogP) is 3.85. The number of carbonyl (C=O) groups excluding carboxylic acids is 1. The number of nitrogens with zero attached hydrogens (tertiary/aromatic N) is 2. The van der Waals surface area contributed by atoms with E-state index in [1.165, 1.54) is 12.5 Å². The van der Waals surface area contributed by atoms with E-state index in [1.54, 1.807) is 6.07 Å². The van der Waals surface area contributed by atoms with Gasteiger partial charge < -0.3 is 19.0 Å². The molecule has 6 heteroatoms. The Hall–Kier alpha value is -3.12. The lowest BCUT2D eigenvalue weighted by Gasteiger charge is -2.36. The van der Waals surface area contributed by atoms with Crippen LogP contribution >= 0.6 is 0 Å². The molecule has 3 aromatic rings. The van der Waals surface area contributed by atoms with Gasteiger partial charge in [0.2, 0.25) is 0 Å². The Bertz CT molecular complexity index is 1200. The molecule has 0 unspecified atom stereocenters. The third kappa shape index (κ3) is 4.02. The number of hydrogen-bond acceptors (Lipinski definition) is 5. The summed E-state index contributed by atoms with van der Waals surface area (Å²) >= 11 is 0. The minimum Gasteiger partial charge on any atom is -0.489 e. The molecule has 2 fully saturated rings. The molecule has 0 N–H and O–H groups in total. The van der Waals surface area contributed by atoms with Gasteiger partial charge in [-0.15, -0.1) is 0 Å². The van der Waals surface area contributed by atoms with Gasteiger partial charge in [-0.25, -0.2) is 4.79 Å². The Morgan fingerprint density at radius 1 is 1.09 bits per heavy atom. The lowest BCUT2D eigenvalue weighted by Crippen LogP contribution is -2.48. The van der Waals surface area contributed by atoms with Gasteiger partial charge in [0.25, 0.3) is 5.91 Å². The predicted molar refractivity (Wildman–Crippen MR) is 123 cm³/mol. The quantitative estimate of drug-likeness (QED) is 0.586. The molecule has 0 spiro atoms. The summed E-state index contributed by atoms with van der Waals surface area (Å²) in [4.78, 5) is 29.1. The molecule has 1 aromatic heterocycles. The van der Waals surface area contributed by atoms with Crippen molar-refractivity contribution in [3.8, 4) is 5.75 Å². The van der Waals surface area contributed by atoms with Crippen molar-refractivity contribution in [1.82, 2.24) is 9.80 Å². The highest BCUT2D eigenvalue weighted by Gasteiger charge is 2.39. The highest BCUT2D eigenvalue weighted by atomic mass is 16.5. The molecule has 1 amide bonds. The zero-order valence-corrected chi connectivity index (χ0v) is 18.5. The molecule has 2 saturated heterocycles. The third-order valence-corrected chi connectivity index (χ3v) is 6.86. The van der Waals surface area contributed by atoms with Gasteiger partial charge in [0.15, 0.2) is 0 Å². The number of fused-ring (bicyclic) bond motifs is 2. The second-order valence-corrected chi connectivity index (χ2v) is 9.06. The van der Waals surface area contributed by atoms with Gasteiger partial charge in [-0.2, -0.15) is 0 Å². The van der Waals surface area contributed by atoms with Gasteiger partial charge >= 0.3 is 5.63 Å². The molecule has 5 rings (SSSR count). The van der Waals surface area contributed by atoms with Gasteiger partial charge in [-0.3, -0.25) is 4.79 Å². The fourth-order valence-corrected chi connectivity index (χ4v) is 5.02. The first kappa shape index (κ1) is 20.8. The van der Waals surface area contributed by atoms with Crippen molar-refractivity contribution < 1.29 is 13.9 Å². The number of benzene rings is 2. The molecule has 2 aliphatic heterocycles. The molecule has 2 aliphatic rings. The van der Waals surface area contributed by atoms with E-state index < -0.39 is 0 Å². The molecule has 3 heterocycles. The van der Waals surface area contributed by atoms with Gasteiger partial charge in [0, 0.05) is 42.2 Å². The van der Waals surface area contributed by atoms with Crippen LogP contribution in [0, 0.1) is 12.8 Å². The average molecular weight is 433 g/mol. The van der Waals surface area contributed by atoms with E-state index in [-0.39, 0.29) is 11.5 Å². The van der Waals surface area contributed by atoms with E-state index in [4.69, 9.17) is 9.15 Å². The van der Waals surface area contributed by atoms with Crippen LogP contribution in [0.15, 0.2) is 57.7 Å². The first-order valence-electron chi connectivity index (χ1n) is 11.2. The SMILES string of the molecule is Cc1cc(=O)oc2cc(OCc3ccc(C(=O)N4CC[C@H]5CCN(C)C[C@@H]54)cc3)ccc12. The number of piperidine rings is 1. The second kappa shape index (κ2) is 8.43. The standard InChI is InChI=1S/C26H28N2O4/c1-17-13-25(29)32-24-14-21(7-8-22(17)24)31-16-18-3-5-20(6-4-18)26(30)28-12-10-19-9-11-27(2)15-23(19)28/h3-8,13-14,19,23H,9-12,15-16H2,1-2H3/t19-,23+/m1/s1. The van der Waals surface area contributed by atoms with Crippen LogP contribution in [-0.2, 0) is 6.61 Å². The normalized spacial score (nSPS) is 21.0. The van der Waals surface area contributed by atoms with Crippen LogP contribution in [0.25, 0.3) is 11.0 Å². The molecule has 166 valence electrons. The van der Waals surface area contributed by atoms with Crippen LogP contribution in [0.3, 0.4) is 0 Å². The zero-order valence-electron chi connectivity index (χ0n) is 18.5. The molecule has 2 atom stereocenters. The topological polar surface area (TPSA) is 63.0 Å². The maximum Gasteiger partial charge on any atom is 0.336 e. The number of ether oxygens (including phenoxy) is 1. The number of aryl methyl sites for hydroxylation is 1. The summed E-state index contributed by atoms with van der Waals surface area (Å²) < 4.78 is 11.2. The van der Waals surface area contributed by atoms with Crippen LogP contribution in [0.2, 0.25) is 0 Å². The van der Waals surface area contributed by atoms with E-state index in [0.29, 0.717) is 29.9 Å². The van der Waals surface area contributed by atoms with E-state index in [0.717, 1.165) is 48.1 Å². The minimum absolute atomic E-state index is 0.125. The van der Waals surface area contributed by atoms with Gasteiger partial charge in [0.05, 0.1) is 0 Å². The summed E-state index contributed by atoms with van der Waals surface area (Å²) in [5.41, 5.74) is 2.74. The van der Waals surface area contributed by atoms with Crippen molar-refractivity contribution in [3.63, 3.8) is 0 Å². The molecule has 0 saturated carbocycles. The summed E-state index contributed by atoms with van der Waals surface area (Å²) in [6.07, 6.45) is 2.29. The highest BCUT2D eigenvalue weighted by Crippen LogP contribution is 2.32. The second-order valence-electron chi connectivity index (χ2n) is 9.06. The molecular formula is C26H28N2O4. The van der Waals surface area contributed by atoms with Crippen LogP contribution in [-0.4, -0.2) is 48.4 Å². The number of hydrogen-bond donors (Lipinski definition) is 0. The van der Waals surface area contributed by atoms with Crippen LogP contribution in [0.1, 0.15) is 34.3 Å². The lowest BCUT2D eigenvalue weighted by atomic mass is 9.92. The van der Waals surface area contributed by atoms with Gasteiger partial charge in [0.1, 0.15) is 17.9 Å². The number of likely N-dealkylation sites (tertiary alicyclic amines) is 2. The summed E-state index contributed by atoms with van der Waals surface area (Å²) in [6, 6.07) is 15.0. The summed E-state index contributed by atoms with van der Waals surface area (Å²) in [5, 5.41) is 0.896. The lowest BCUT2D eigenvalue weighted by molar-refractivity contribution is 0.0631. The van der Waals surface area contributed by atoms with Crippen molar-refractivity contribution in [2.24, 2.45) is 5.92 Å². The minimum atomic E-state index is -0.364. The third-order valence-electron chi connectivity index (χ3n) is 6.86. The van der Waals surface area contributed by atoms with Crippen LogP contribution in [0.4, 0.5) is 0 Å². The summed E-state index contributed by atoms with van der Waals surface area (Å²) in [7, 11) is 2.14. The summed E-state index contributed by atoms with van der Waals surface area (Å²) in [6.45, 7) is 5.20. The van der Waals surface area contributed by atoms with Crippen molar-refractivity contribution in [3.05, 3.63) is 75.6 Å². The molecule has 32 heavy (non-hydrogen) atoms. The highest BCUT2D eigenvalue weighted by molar-refractivity contribution is 5.94. The number of likely N-dealkylation sites (N-methyl/N-ethyl adjacent to an activating group) is 1. The first-order chi connectivity index (χ1) is 15.5. The Kier molecular flexibility index (Phi) is 5.47. The number of amides is 1. The largest absolute Gasteiger partial charge is 0.489 e. The Morgan fingerprint density at radius 2 is 1.88 bits per heavy atom. The molecule has 6 nitrogen and oxygen atoms in total. The Labute approximate surface area is 187 Å². The van der Waals surface area contributed by atoms with Gasteiger partial charge in [-0.1, -0.05) is 12.1 Å². The Balaban J connectivity index is 1.25. The smallest absolute Gasteiger partial charge is 0.336 e.